The molecule has 0 unspecified atom stereocenters. The Morgan fingerprint density at radius 2 is 2.28 bits per heavy atom. The number of aromatic nitrogens is 2. The lowest BCUT2D eigenvalue weighted by atomic mass is 10.1. The summed E-state index contributed by atoms with van der Waals surface area (Å²) in [6, 6.07) is 5.03. The summed E-state index contributed by atoms with van der Waals surface area (Å²) in [5, 5.41) is 6.77. The number of hydrogen-bond acceptors (Lipinski definition) is 5. The van der Waals surface area contributed by atoms with Crippen molar-refractivity contribution in [3.05, 3.63) is 34.8 Å². The first-order valence-electron chi connectivity index (χ1n) is 5.24. The fourth-order valence-electron chi connectivity index (χ4n) is 1.84. The number of aromatic amines is 1. The molecule has 0 radical (unpaired) electrons. The van der Waals surface area contributed by atoms with Crippen LogP contribution in [0.15, 0.2) is 33.7 Å². The van der Waals surface area contributed by atoms with Gasteiger partial charge in [-0.1, -0.05) is 6.07 Å². The minimum Gasteiger partial charge on any atom is -0.463 e. The normalized spacial score (nSPS) is 10.9. The van der Waals surface area contributed by atoms with Crippen LogP contribution in [0.5, 0.6) is 5.75 Å². The summed E-state index contributed by atoms with van der Waals surface area (Å²) in [5.41, 5.74) is 0.904. The summed E-state index contributed by atoms with van der Waals surface area (Å²) in [6.45, 7) is 1.31. The zero-order valence-corrected chi connectivity index (χ0v) is 9.39. The number of benzene rings is 1. The molecule has 0 amide bonds. The van der Waals surface area contributed by atoms with E-state index in [4.69, 9.17) is 9.15 Å². The monoisotopic (exact) mass is 244 g/mol. The Bertz CT molecular complexity index is 771. The van der Waals surface area contributed by atoms with Gasteiger partial charge in [-0.25, -0.2) is 5.10 Å². The van der Waals surface area contributed by atoms with E-state index in [1.165, 1.54) is 13.2 Å². The Morgan fingerprint density at radius 3 is 3.06 bits per heavy atom. The number of ether oxygens (including phenoxy) is 1. The minimum atomic E-state index is -0.447. The first-order chi connectivity index (χ1) is 8.66. The average molecular weight is 244 g/mol. The number of carbonyl (C=O) groups is 1. The Kier molecular flexibility index (Phi) is 2.16. The number of H-pyrrole nitrogens is 1. The van der Waals surface area contributed by atoms with Crippen LogP contribution in [-0.4, -0.2) is 16.2 Å². The smallest absolute Gasteiger partial charge is 0.308 e. The van der Waals surface area contributed by atoms with Gasteiger partial charge >= 0.3 is 5.97 Å². The molecular weight excluding hydrogens is 236 g/mol. The number of hydrogen-bond donors (Lipinski definition) is 1. The number of rotatable bonds is 1. The summed E-state index contributed by atoms with van der Waals surface area (Å²) in [4.78, 5) is 22.5. The van der Waals surface area contributed by atoms with Crippen molar-refractivity contribution in [1.29, 1.82) is 0 Å². The Labute approximate surface area is 101 Å². The maximum absolute atomic E-state index is 11.5. The van der Waals surface area contributed by atoms with Crippen molar-refractivity contribution >= 4 is 16.9 Å². The van der Waals surface area contributed by atoms with Gasteiger partial charge in [-0.3, -0.25) is 9.59 Å². The molecule has 2 aliphatic rings. The van der Waals surface area contributed by atoms with Crippen LogP contribution in [0, 0.1) is 0 Å². The molecule has 0 aliphatic carbocycles. The summed E-state index contributed by atoms with van der Waals surface area (Å²) in [7, 11) is 0. The van der Waals surface area contributed by atoms with Crippen molar-refractivity contribution in [2.75, 3.05) is 0 Å². The molecular formula is C12H8N2O4. The van der Waals surface area contributed by atoms with Gasteiger partial charge in [0.05, 0.1) is 5.39 Å². The zero-order valence-electron chi connectivity index (χ0n) is 9.39. The van der Waals surface area contributed by atoms with Crippen LogP contribution in [0.25, 0.3) is 22.2 Å². The molecule has 1 aromatic rings. The van der Waals surface area contributed by atoms with Gasteiger partial charge in [0.25, 0.3) is 5.56 Å². The lowest BCUT2D eigenvalue weighted by Gasteiger charge is -2.07. The van der Waals surface area contributed by atoms with Crippen molar-refractivity contribution in [3.8, 4) is 17.0 Å². The predicted molar refractivity (Wildman–Crippen MR) is 62.6 cm³/mol. The van der Waals surface area contributed by atoms with Crippen molar-refractivity contribution in [2.45, 2.75) is 6.92 Å². The minimum absolute atomic E-state index is 0.320. The maximum Gasteiger partial charge on any atom is 0.308 e. The summed E-state index contributed by atoms with van der Waals surface area (Å²) in [6.07, 6.45) is 1.33. The average Bonchev–Trinajstić information content (AvgIpc) is 2.71. The van der Waals surface area contributed by atoms with Gasteiger partial charge in [-0.2, -0.15) is 5.10 Å². The van der Waals surface area contributed by atoms with Gasteiger partial charge in [0, 0.05) is 6.92 Å². The number of nitrogens with zero attached hydrogens (tertiary/aromatic N) is 1. The molecule has 0 atom stereocenters. The molecule has 1 N–H and O–H groups in total. The number of fused-ring (bicyclic) bond motifs is 3. The quantitative estimate of drug-likeness (QED) is 0.518. The molecule has 6 nitrogen and oxygen atoms in total. The van der Waals surface area contributed by atoms with Crippen LogP contribution in [0.3, 0.4) is 0 Å². The summed E-state index contributed by atoms with van der Waals surface area (Å²) >= 11 is 0. The largest absolute Gasteiger partial charge is 0.463 e. The SMILES string of the molecule is CC(=O)Oc1cccc2occ3c(=O)[nH]nc-3c12. The molecule has 1 aromatic carbocycles. The lowest BCUT2D eigenvalue weighted by molar-refractivity contribution is -0.131. The molecule has 0 saturated carbocycles. The second kappa shape index (κ2) is 3.69. The molecule has 0 aromatic heterocycles. The highest BCUT2D eigenvalue weighted by Gasteiger charge is 2.19. The Morgan fingerprint density at radius 1 is 1.44 bits per heavy atom. The van der Waals surface area contributed by atoms with E-state index in [0.717, 1.165) is 0 Å². The highest BCUT2D eigenvalue weighted by Crippen LogP contribution is 2.33. The third kappa shape index (κ3) is 1.46. The highest BCUT2D eigenvalue weighted by atomic mass is 16.5. The van der Waals surface area contributed by atoms with Gasteiger partial charge in [0.15, 0.2) is 0 Å². The van der Waals surface area contributed by atoms with Crippen LogP contribution >= 0.6 is 0 Å². The second-order valence-corrected chi connectivity index (χ2v) is 3.77. The van der Waals surface area contributed by atoms with Crippen molar-refractivity contribution in [1.82, 2.24) is 10.2 Å². The van der Waals surface area contributed by atoms with Crippen LogP contribution in [0.2, 0.25) is 0 Å². The first kappa shape index (κ1) is 10.5. The molecule has 0 fully saturated rings. The number of esters is 1. The molecule has 18 heavy (non-hydrogen) atoms. The van der Waals surface area contributed by atoms with E-state index in [2.05, 4.69) is 10.2 Å². The van der Waals surface area contributed by atoms with Crippen molar-refractivity contribution < 1.29 is 13.9 Å². The molecule has 3 rings (SSSR count). The van der Waals surface area contributed by atoms with Gasteiger partial charge in [-0.05, 0) is 12.1 Å². The van der Waals surface area contributed by atoms with E-state index in [1.54, 1.807) is 18.2 Å². The van der Waals surface area contributed by atoms with Crippen LogP contribution in [-0.2, 0) is 4.79 Å². The maximum atomic E-state index is 11.5. The van der Waals surface area contributed by atoms with E-state index in [0.29, 0.717) is 28.0 Å². The Balaban J connectivity index is 2.40. The third-order valence-electron chi connectivity index (χ3n) is 2.55. The Hall–Kier alpha value is -2.63. The van der Waals surface area contributed by atoms with Crippen LogP contribution in [0.1, 0.15) is 6.92 Å². The fourth-order valence-corrected chi connectivity index (χ4v) is 1.84. The predicted octanol–water partition coefficient (Wildman–Crippen LogP) is 1.55. The molecule has 2 aliphatic heterocycles. The molecule has 90 valence electrons. The molecule has 0 spiro atoms. The van der Waals surface area contributed by atoms with E-state index in [-0.39, 0.29) is 5.56 Å². The third-order valence-corrected chi connectivity index (χ3v) is 2.55. The van der Waals surface area contributed by atoms with Crippen molar-refractivity contribution in [2.24, 2.45) is 0 Å². The van der Waals surface area contributed by atoms with E-state index in [1.807, 2.05) is 0 Å². The molecule has 2 heterocycles. The van der Waals surface area contributed by atoms with Crippen LogP contribution in [0.4, 0.5) is 0 Å². The lowest BCUT2D eigenvalue weighted by Crippen LogP contribution is -2.03. The summed E-state index contributed by atoms with van der Waals surface area (Å²) < 4.78 is 10.4. The van der Waals surface area contributed by atoms with Gasteiger partial charge in [-0.15, -0.1) is 0 Å². The molecule has 0 saturated heterocycles. The van der Waals surface area contributed by atoms with E-state index < -0.39 is 5.97 Å². The van der Waals surface area contributed by atoms with E-state index in [9.17, 15) is 9.59 Å². The van der Waals surface area contributed by atoms with E-state index >= 15 is 0 Å². The van der Waals surface area contributed by atoms with Gasteiger partial charge in [0.1, 0.15) is 28.9 Å². The summed E-state index contributed by atoms with van der Waals surface area (Å²) in [5.74, 6) is -0.127. The highest BCUT2D eigenvalue weighted by molar-refractivity contribution is 5.97. The molecule has 0 bridgehead atoms. The number of nitrogens with one attached hydrogen (secondary N) is 1. The number of carbonyl (C=O) groups excluding carboxylic acids is 1. The second-order valence-electron chi connectivity index (χ2n) is 3.77. The topological polar surface area (TPSA) is 85.2 Å². The van der Waals surface area contributed by atoms with Gasteiger partial charge in [0.2, 0.25) is 0 Å². The zero-order chi connectivity index (χ0) is 12.7. The standard InChI is InChI=1S/C12H8N2O4/c1-6(15)18-9-4-2-3-8-10(9)11-7(5-17-8)12(16)14-13-11/h2-5H,1H3,(H,14,16). The first-order valence-corrected chi connectivity index (χ1v) is 5.24. The van der Waals surface area contributed by atoms with Crippen molar-refractivity contribution in [3.63, 3.8) is 0 Å². The van der Waals surface area contributed by atoms with Crippen LogP contribution < -0.4 is 10.3 Å². The fraction of sp³-hybridized carbons (Fsp3) is 0.0833. The molecule has 6 heteroatoms. The van der Waals surface area contributed by atoms with Gasteiger partial charge < -0.3 is 9.15 Å².